The fourth-order valence-corrected chi connectivity index (χ4v) is 4.98. The van der Waals surface area contributed by atoms with E-state index in [9.17, 15) is 23.5 Å². The van der Waals surface area contributed by atoms with Crippen LogP contribution in [0.15, 0.2) is 42.5 Å². The Bertz CT molecular complexity index is 1070. The molecule has 1 aliphatic heterocycles. The molecular weight excluding hydrogens is 478 g/mol. The van der Waals surface area contributed by atoms with Crippen molar-refractivity contribution in [2.75, 3.05) is 26.7 Å². The topological polar surface area (TPSA) is 93.7 Å². The van der Waals surface area contributed by atoms with Crippen LogP contribution in [-0.2, 0) is 16.8 Å². The molecule has 0 bridgehead atoms. The summed E-state index contributed by atoms with van der Waals surface area (Å²) in [6, 6.07) is 10.6. The van der Waals surface area contributed by atoms with Crippen molar-refractivity contribution in [2.45, 2.75) is 63.6 Å². The summed E-state index contributed by atoms with van der Waals surface area (Å²) in [5, 5.41) is 20.1. The smallest absolute Gasteiger partial charge is 0.317 e. The molecule has 1 aliphatic rings. The molecule has 0 unspecified atom stereocenters. The van der Waals surface area contributed by atoms with Gasteiger partial charge < -0.3 is 26.0 Å². The first-order valence-corrected chi connectivity index (χ1v) is 12.7. The number of hydrogen-bond acceptors (Lipinski definition) is 4. The van der Waals surface area contributed by atoms with Gasteiger partial charge >= 0.3 is 6.03 Å². The number of piperidine rings is 1. The molecule has 0 spiro atoms. The molecule has 7 nitrogen and oxygen atoms in total. The molecule has 2 atom stereocenters. The van der Waals surface area contributed by atoms with Crippen molar-refractivity contribution in [2.24, 2.45) is 0 Å². The lowest BCUT2D eigenvalue weighted by Crippen LogP contribution is -2.57. The molecular formula is C28H38F2N4O3. The van der Waals surface area contributed by atoms with Crippen LogP contribution in [0.25, 0.3) is 0 Å². The van der Waals surface area contributed by atoms with E-state index in [2.05, 4.69) is 48.0 Å². The molecule has 1 saturated heterocycles. The predicted molar refractivity (Wildman–Crippen MR) is 139 cm³/mol. The fraction of sp³-hybridized carbons (Fsp3) is 0.500. The van der Waals surface area contributed by atoms with E-state index in [1.54, 1.807) is 11.9 Å². The van der Waals surface area contributed by atoms with E-state index in [4.69, 9.17) is 0 Å². The van der Waals surface area contributed by atoms with Gasteiger partial charge in [-0.15, -0.1) is 0 Å². The van der Waals surface area contributed by atoms with Gasteiger partial charge in [0, 0.05) is 45.2 Å². The monoisotopic (exact) mass is 516 g/mol. The zero-order chi connectivity index (χ0) is 27.2. The molecule has 4 N–H and O–H groups in total. The Morgan fingerprint density at radius 2 is 1.73 bits per heavy atom. The van der Waals surface area contributed by atoms with E-state index >= 15 is 0 Å². The number of amides is 3. The van der Waals surface area contributed by atoms with Crippen molar-refractivity contribution in [3.63, 3.8) is 0 Å². The van der Waals surface area contributed by atoms with E-state index in [-0.39, 0.29) is 24.9 Å². The van der Waals surface area contributed by atoms with Crippen molar-refractivity contribution in [3.8, 4) is 0 Å². The number of aliphatic hydroxyl groups is 1. The predicted octanol–water partition coefficient (Wildman–Crippen LogP) is 3.42. The molecule has 0 radical (unpaired) electrons. The number of urea groups is 1. The molecule has 3 rings (SSSR count). The highest BCUT2D eigenvalue weighted by Crippen LogP contribution is 2.34. The summed E-state index contributed by atoms with van der Waals surface area (Å²) in [6.07, 6.45) is 0.304. The molecule has 202 valence electrons. The van der Waals surface area contributed by atoms with Crippen molar-refractivity contribution in [1.82, 2.24) is 20.9 Å². The third-order valence-corrected chi connectivity index (χ3v) is 7.10. The minimum atomic E-state index is -1.03. The third-order valence-electron chi connectivity index (χ3n) is 7.10. The quantitative estimate of drug-likeness (QED) is 0.411. The summed E-state index contributed by atoms with van der Waals surface area (Å²) in [6.45, 7) is 6.80. The summed E-state index contributed by atoms with van der Waals surface area (Å²) >= 11 is 0. The minimum absolute atomic E-state index is 0.0669. The second-order valence-corrected chi connectivity index (χ2v) is 10.1. The van der Waals surface area contributed by atoms with Crippen LogP contribution in [0.3, 0.4) is 0 Å². The number of halogens is 2. The summed E-state index contributed by atoms with van der Waals surface area (Å²) in [4.78, 5) is 25.8. The first-order chi connectivity index (χ1) is 17.5. The van der Waals surface area contributed by atoms with Gasteiger partial charge in [0.25, 0.3) is 0 Å². The highest BCUT2D eigenvalue weighted by Gasteiger charge is 2.38. The molecule has 9 heteroatoms. The number of rotatable bonds is 9. The highest BCUT2D eigenvalue weighted by atomic mass is 19.1. The van der Waals surface area contributed by atoms with Gasteiger partial charge in [-0.2, -0.15) is 0 Å². The maximum Gasteiger partial charge on any atom is 0.317 e. The van der Waals surface area contributed by atoms with Crippen molar-refractivity contribution >= 4 is 11.9 Å². The number of carbonyl (C=O) groups excluding carboxylic acids is 2. The van der Waals surface area contributed by atoms with E-state index in [0.717, 1.165) is 11.6 Å². The van der Waals surface area contributed by atoms with Gasteiger partial charge in [-0.3, -0.25) is 4.79 Å². The van der Waals surface area contributed by atoms with Crippen LogP contribution in [0, 0.1) is 11.6 Å². The van der Waals surface area contributed by atoms with E-state index in [0.29, 0.717) is 37.4 Å². The molecule has 0 aromatic heterocycles. The SMILES string of the molecule is CNC(=O)N1CCC(NC[C@@H](O)[C@H](Cc2cc(F)cc(F)c2)NC(C)=O)(c2cccc(C(C)C)c2)CC1. The van der Waals surface area contributed by atoms with Gasteiger partial charge in [0.2, 0.25) is 5.91 Å². The zero-order valence-electron chi connectivity index (χ0n) is 22.0. The van der Waals surface area contributed by atoms with Crippen LogP contribution in [0.4, 0.5) is 13.6 Å². The third kappa shape index (κ3) is 7.49. The summed E-state index contributed by atoms with van der Waals surface area (Å²) < 4.78 is 27.5. The van der Waals surface area contributed by atoms with Gasteiger partial charge in [-0.1, -0.05) is 38.1 Å². The Balaban J connectivity index is 1.83. The second-order valence-electron chi connectivity index (χ2n) is 10.1. The van der Waals surface area contributed by atoms with Crippen LogP contribution < -0.4 is 16.0 Å². The average Bonchev–Trinajstić information content (AvgIpc) is 2.86. The molecule has 1 heterocycles. The molecule has 37 heavy (non-hydrogen) atoms. The molecule has 1 fully saturated rings. The normalized spacial score (nSPS) is 16.8. The van der Waals surface area contributed by atoms with Crippen molar-refractivity contribution < 1.29 is 23.5 Å². The maximum atomic E-state index is 13.7. The molecule has 0 aliphatic carbocycles. The summed E-state index contributed by atoms with van der Waals surface area (Å²) in [5.41, 5.74) is 2.11. The van der Waals surface area contributed by atoms with Gasteiger partial charge in [-0.05, 0) is 54.0 Å². The molecule has 0 saturated carbocycles. The number of hydrogen-bond donors (Lipinski definition) is 4. The molecule has 3 amide bonds. The summed E-state index contributed by atoms with van der Waals surface area (Å²) in [7, 11) is 1.61. The number of benzene rings is 2. The van der Waals surface area contributed by atoms with Gasteiger partial charge in [0.05, 0.1) is 12.1 Å². The van der Waals surface area contributed by atoms with Gasteiger partial charge in [0.1, 0.15) is 11.6 Å². The number of carbonyl (C=O) groups is 2. The number of nitrogens with one attached hydrogen (secondary N) is 3. The number of likely N-dealkylation sites (tertiary alicyclic amines) is 1. The fourth-order valence-electron chi connectivity index (χ4n) is 4.98. The van der Waals surface area contributed by atoms with Crippen LogP contribution in [0.5, 0.6) is 0 Å². The second kappa shape index (κ2) is 12.5. The summed E-state index contributed by atoms with van der Waals surface area (Å²) in [5.74, 6) is -1.43. The molecule has 2 aromatic carbocycles. The lowest BCUT2D eigenvalue weighted by atomic mass is 9.79. The van der Waals surface area contributed by atoms with Crippen LogP contribution in [0.1, 0.15) is 56.2 Å². The Kier molecular flexibility index (Phi) is 9.62. The Labute approximate surface area is 217 Å². The first-order valence-electron chi connectivity index (χ1n) is 12.7. The maximum absolute atomic E-state index is 13.7. The largest absolute Gasteiger partial charge is 0.390 e. The highest BCUT2D eigenvalue weighted by molar-refractivity contribution is 5.74. The Morgan fingerprint density at radius 1 is 1.08 bits per heavy atom. The average molecular weight is 517 g/mol. The zero-order valence-corrected chi connectivity index (χ0v) is 22.0. The number of nitrogens with zero attached hydrogens (tertiary/aromatic N) is 1. The lowest BCUT2D eigenvalue weighted by Gasteiger charge is -2.44. The first kappa shape index (κ1) is 28.5. The van der Waals surface area contributed by atoms with Crippen molar-refractivity contribution in [1.29, 1.82) is 0 Å². The van der Waals surface area contributed by atoms with Crippen LogP contribution >= 0.6 is 0 Å². The Hall–Kier alpha value is -3.04. The van der Waals surface area contributed by atoms with Gasteiger partial charge in [0.15, 0.2) is 0 Å². The van der Waals surface area contributed by atoms with E-state index < -0.39 is 29.3 Å². The van der Waals surface area contributed by atoms with Crippen LogP contribution in [0.2, 0.25) is 0 Å². The van der Waals surface area contributed by atoms with Crippen LogP contribution in [-0.4, -0.2) is 60.8 Å². The van der Waals surface area contributed by atoms with Gasteiger partial charge in [-0.25, -0.2) is 13.6 Å². The Morgan fingerprint density at radius 3 is 2.30 bits per heavy atom. The standard InChI is InChI=1S/C28H38F2N4O3/c1-18(2)21-6-5-7-22(15-21)28(8-10-34(11-9-28)27(37)31-4)32-17-26(36)25(33-19(3)35)14-20-12-23(29)16-24(30)13-20/h5-7,12-13,15-16,18,25-26,32,36H,8-11,14,17H2,1-4H3,(H,31,37)(H,33,35)/t25-,26+/m0/s1. The van der Waals surface area contributed by atoms with Crippen molar-refractivity contribution in [3.05, 3.63) is 70.8 Å². The lowest BCUT2D eigenvalue weighted by molar-refractivity contribution is -0.120. The minimum Gasteiger partial charge on any atom is -0.390 e. The van der Waals surface area contributed by atoms with E-state index in [1.165, 1.54) is 24.6 Å². The number of aliphatic hydroxyl groups excluding tert-OH is 1. The molecule has 2 aromatic rings. The van der Waals surface area contributed by atoms with E-state index in [1.807, 2.05) is 6.07 Å².